The number of hydrogen-bond donors (Lipinski definition) is 1. The van der Waals surface area contributed by atoms with Gasteiger partial charge in [0.2, 0.25) is 11.8 Å². The molecule has 106 valence electrons. The molecule has 0 unspecified atom stereocenters. The summed E-state index contributed by atoms with van der Waals surface area (Å²) in [7, 11) is 0. The zero-order valence-corrected chi connectivity index (χ0v) is 13.6. The van der Waals surface area contributed by atoms with E-state index < -0.39 is 0 Å². The van der Waals surface area contributed by atoms with Crippen LogP contribution in [0.1, 0.15) is 19.0 Å². The van der Waals surface area contributed by atoms with Gasteiger partial charge < -0.3 is 10.1 Å². The Bertz CT molecular complexity index is 607. The average Bonchev–Trinajstić information content (AvgIpc) is 2.40. The number of ether oxygens (including phenoxy) is 1. The molecule has 1 aromatic carbocycles. The highest BCUT2D eigenvalue weighted by molar-refractivity contribution is 9.10. The van der Waals surface area contributed by atoms with Crippen molar-refractivity contribution in [3.05, 3.63) is 39.5 Å². The zero-order chi connectivity index (χ0) is 14.5. The van der Waals surface area contributed by atoms with Crippen molar-refractivity contribution in [1.82, 2.24) is 9.97 Å². The van der Waals surface area contributed by atoms with Gasteiger partial charge in [-0.05, 0) is 31.5 Å². The van der Waals surface area contributed by atoms with Crippen molar-refractivity contribution in [2.24, 2.45) is 0 Å². The van der Waals surface area contributed by atoms with Crippen molar-refractivity contribution in [1.29, 1.82) is 0 Å². The van der Waals surface area contributed by atoms with E-state index in [1.54, 1.807) is 18.2 Å². The third-order valence-electron chi connectivity index (χ3n) is 2.47. The summed E-state index contributed by atoms with van der Waals surface area (Å²) in [5, 5.41) is 3.68. The van der Waals surface area contributed by atoms with Crippen molar-refractivity contribution in [3.63, 3.8) is 0 Å². The van der Waals surface area contributed by atoms with Gasteiger partial charge in [0, 0.05) is 22.8 Å². The van der Waals surface area contributed by atoms with Crippen LogP contribution in [-0.2, 0) is 0 Å². The fourth-order valence-electron chi connectivity index (χ4n) is 1.58. The van der Waals surface area contributed by atoms with Crippen LogP contribution < -0.4 is 10.1 Å². The maximum atomic E-state index is 6.10. The molecule has 4 nitrogen and oxygen atoms in total. The minimum Gasteiger partial charge on any atom is -0.437 e. The van der Waals surface area contributed by atoms with Crippen LogP contribution in [0.5, 0.6) is 11.6 Å². The largest absolute Gasteiger partial charge is 0.437 e. The summed E-state index contributed by atoms with van der Waals surface area (Å²) in [6.45, 7) is 4.80. The second-order valence-corrected chi connectivity index (χ2v) is 5.60. The molecule has 0 bridgehead atoms. The molecule has 20 heavy (non-hydrogen) atoms. The first kappa shape index (κ1) is 15.1. The van der Waals surface area contributed by atoms with E-state index in [-0.39, 0.29) is 0 Å². The van der Waals surface area contributed by atoms with Crippen LogP contribution in [0.2, 0.25) is 5.02 Å². The predicted molar refractivity (Wildman–Crippen MR) is 84.8 cm³/mol. The number of halogens is 2. The first-order valence-electron chi connectivity index (χ1n) is 6.31. The van der Waals surface area contributed by atoms with Crippen LogP contribution in [0, 0.1) is 6.92 Å². The standard InChI is InChI=1S/C14H15BrClN3O/c1-3-6-17-14-18-9(2)7-13(19-14)20-12-8-10(15)4-5-11(12)16/h4-5,7-8H,3,6H2,1-2H3,(H,17,18,19). The van der Waals surface area contributed by atoms with E-state index in [2.05, 4.69) is 38.1 Å². The van der Waals surface area contributed by atoms with E-state index in [1.165, 1.54) is 0 Å². The number of nitrogens with zero attached hydrogens (tertiary/aromatic N) is 2. The van der Waals surface area contributed by atoms with Gasteiger partial charge in [-0.25, -0.2) is 4.98 Å². The van der Waals surface area contributed by atoms with Gasteiger partial charge in [0.05, 0.1) is 5.02 Å². The predicted octanol–water partition coefficient (Wildman–Crippen LogP) is 4.82. The van der Waals surface area contributed by atoms with Gasteiger partial charge in [-0.15, -0.1) is 0 Å². The lowest BCUT2D eigenvalue weighted by atomic mass is 10.3. The van der Waals surface area contributed by atoms with Crippen molar-refractivity contribution >= 4 is 33.5 Å². The van der Waals surface area contributed by atoms with Gasteiger partial charge >= 0.3 is 0 Å². The fraction of sp³-hybridized carbons (Fsp3) is 0.286. The first-order valence-corrected chi connectivity index (χ1v) is 7.48. The first-order chi connectivity index (χ1) is 9.58. The Labute approximate surface area is 131 Å². The molecular formula is C14H15BrClN3O. The summed E-state index contributed by atoms with van der Waals surface area (Å²) in [5.41, 5.74) is 0.833. The number of rotatable bonds is 5. The van der Waals surface area contributed by atoms with E-state index in [0.29, 0.717) is 22.6 Å². The van der Waals surface area contributed by atoms with E-state index in [9.17, 15) is 0 Å². The van der Waals surface area contributed by atoms with E-state index in [0.717, 1.165) is 23.1 Å². The summed E-state index contributed by atoms with van der Waals surface area (Å²) in [6.07, 6.45) is 1.00. The van der Waals surface area contributed by atoms with Gasteiger partial charge in [0.25, 0.3) is 0 Å². The Morgan fingerprint density at radius 3 is 2.85 bits per heavy atom. The molecule has 0 fully saturated rings. The minimum atomic E-state index is 0.469. The Morgan fingerprint density at radius 2 is 2.10 bits per heavy atom. The van der Waals surface area contributed by atoms with Crippen molar-refractivity contribution < 1.29 is 4.74 Å². The maximum Gasteiger partial charge on any atom is 0.226 e. The molecule has 0 aliphatic carbocycles. The Morgan fingerprint density at radius 1 is 1.30 bits per heavy atom. The molecule has 0 aliphatic heterocycles. The summed E-state index contributed by atoms with van der Waals surface area (Å²) in [6, 6.07) is 7.20. The number of benzene rings is 1. The molecule has 0 saturated heterocycles. The van der Waals surface area contributed by atoms with Crippen LogP contribution >= 0.6 is 27.5 Å². The number of nitrogens with one attached hydrogen (secondary N) is 1. The molecule has 0 spiro atoms. The summed E-state index contributed by atoms with van der Waals surface area (Å²) in [5.74, 6) is 1.59. The van der Waals surface area contributed by atoms with E-state index in [4.69, 9.17) is 16.3 Å². The Balaban J connectivity index is 2.24. The summed E-state index contributed by atoms with van der Waals surface area (Å²) in [4.78, 5) is 8.63. The molecular weight excluding hydrogens is 342 g/mol. The van der Waals surface area contributed by atoms with Crippen molar-refractivity contribution in [2.45, 2.75) is 20.3 Å². The highest BCUT2D eigenvalue weighted by Gasteiger charge is 2.07. The van der Waals surface area contributed by atoms with Gasteiger partial charge in [-0.3, -0.25) is 0 Å². The SMILES string of the molecule is CCCNc1nc(C)cc(Oc2cc(Br)ccc2Cl)n1. The van der Waals surface area contributed by atoms with Crippen molar-refractivity contribution in [2.75, 3.05) is 11.9 Å². The molecule has 0 saturated carbocycles. The summed E-state index contributed by atoms with van der Waals surface area (Å²) >= 11 is 9.49. The molecule has 0 atom stereocenters. The zero-order valence-electron chi connectivity index (χ0n) is 11.3. The second-order valence-electron chi connectivity index (χ2n) is 4.27. The van der Waals surface area contributed by atoms with E-state index in [1.807, 2.05) is 13.0 Å². The number of aromatic nitrogens is 2. The second kappa shape index (κ2) is 6.90. The quantitative estimate of drug-likeness (QED) is 0.834. The molecule has 1 heterocycles. The normalized spacial score (nSPS) is 10.4. The smallest absolute Gasteiger partial charge is 0.226 e. The molecule has 6 heteroatoms. The van der Waals surface area contributed by atoms with Gasteiger partial charge in [0.1, 0.15) is 5.75 Å². The Hall–Kier alpha value is -1.33. The topological polar surface area (TPSA) is 47.0 Å². The van der Waals surface area contributed by atoms with Gasteiger partial charge in [-0.1, -0.05) is 34.5 Å². The molecule has 0 radical (unpaired) electrons. The Kier molecular flexibility index (Phi) is 5.20. The lowest BCUT2D eigenvalue weighted by Crippen LogP contribution is -2.05. The average molecular weight is 357 g/mol. The maximum absolute atomic E-state index is 6.10. The van der Waals surface area contributed by atoms with Gasteiger partial charge in [-0.2, -0.15) is 4.98 Å². The van der Waals surface area contributed by atoms with Crippen LogP contribution in [0.3, 0.4) is 0 Å². The number of hydrogen-bond acceptors (Lipinski definition) is 4. The molecule has 0 aliphatic rings. The lowest BCUT2D eigenvalue weighted by molar-refractivity contribution is 0.461. The lowest BCUT2D eigenvalue weighted by Gasteiger charge is -2.10. The third-order valence-corrected chi connectivity index (χ3v) is 3.28. The van der Waals surface area contributed by atoms with Gasteiger partial charge in [0.15, 0.2) is 0 Å². The summed E-state index contributed by atoms with van der Waals surface area (Å²) < 4.78 is 6.63. The fourth-order valence-corrected chi connectivity index (χ4v) is 2.07. The minimum absolute atomic E-state index is 0.469. The molecule has 2 aromatic rings. The van der Waals surface area contributed by atoms with Crippen LogP contribution in [0.15, 0.2) is 28.7 Å². The molecule has 0 amide bonds. The molecule has 2 rings (SSSR count). The molecule has 1 aromatic heterocycles. The third kappa shape index (κ3) is 4.08. The van der Waals surface area contributed by atoms with Crippen LogP contribution in [0.25, 0.3) is 0 Å². The number of aryl methyl sites for hydroxylation is 1. The van der Waals surface area contributed by atoms with Crippen LogP contribution in [0.4, 0.5) is 5.95 Å². The van der Waals surface area contributed by atoms with Crippen molar-refractivity contribution in [3.8, 4) is 11.6 Å². The highest BCUT2D eigenvalue weighted by atomic mass is 79.9. The van der Waals surface area contributed by atoms with E-state index >= 15 is 0 Å². The number of anilines is 1. The monoisotopic (exact) mass is 355 g/mol. The van der Waals surface area contributed by atoms with Crippen LogP contribution in [-0.4, -0.2) is 16.5 Å². The molecule has 1 N–H and O–H groups in total. The highest BCUT2D eigenvalue weighted by Crippen LogP contribution is 2.31.